The van der Waals surface area contributed by atoms with E-state index in [1.165, 1.54) is 23.9 Å². The molecule has 1 heterocycles. The fourth-order valence-electron chi connectivity index (χ4n) is 1.35. The Morgan fingerprint density at radius 2 is 2.05 bits per heavy atom. The van der Waals surface area contributed by atoms with Crippen LogP contribution in [0.25, 0.3) is 5.69 Å². The summed E-state index contributed by atoms with van der Waals surface area (Å²) >= 11 is 11.7. The number of benzene rings is 1. The van der Waals surface area contributed by atoms with Crippen LogP contribution in [0.15, 0.2) is 29.3 Å². The van der Waals surface area contributed by atoms with Gasteiger partial charge in [0.05, 0.1) is 15.7 Å². The summed E-state index contributed by atoms with van der Waals surface area (Å²) in [6.45, 7) is 1.31. The average molecular weight is 314 g/mol. The molecule has 104 valence electrons. The van der Waals surface area contributed by atoms with E-state index >= 15 is 0 Å². The SMILES string of the molecule is CC(=O)NNc1ncn(-c2ccc(Cl)c(Cl)c2)c(=O)n1. The van der Waals surface area contributed by atoms with Gasteiger partial charge in [0.1, 0.15) is 6.33 Å². The van der Waals surface area contributed by atoms with Gasteiger partial charge in [-0.2, -0.15) is 4.98 Å². The molecule has 20 heavy (non-hydrogen) atoms. The third-order valence-electron chi connectivity index (χ3n) is 2.23. The molecule has 0 atom stereocenters. The maximum Gasteiger partial charge on any atom is 0.356 e. The number of carbonyl (C=O) groups excluding carboxylic acids is 1. The van der Waals surface area contributed by atoms with E-state index in [0.29, 0.717) is 15.7 Å². The van der Waals surface area contributed by atoms with E-state index in [9.17, 15) is 9.59 Å². The molecule has 0 saturated carbocycles. The monoisotopic (exact) mass is 313 g/mol. The number of anilines is 1. The van der Waals surface area contributed by atoms with Crippen molar-refractivity contribution >= 4 is 35.1 Å². The quantitative estimate of drug-likeness (QED) is 0.836. The van der Waals surface area contributed by atoms with Crippen molar-refractivity contribution in [1.29, 1.82) is 0 Å². The molecule has 1 aromatic heterocycles. The van der Waals surface area contributed by atoms with Crippen LogP contribution < -0.4 is 16.5 Å². The summed E-state index contributed by atoms with van der Waals surface area (Å²) in [6, 6.07) is 4.70. The van der Waals surface area contributed by atoms with Gasteiger partial charge >= 0.3 is 5.69 Å². The maximum atomic E-state index is 11.9. The molecule has 1 aromatic carbocycles. The van der Waals surface area contributed by atoms with E-state index in [1.54, 1.807) is 12.1 Å². The van der Waals surface area contributed by atoms with Crippen LogP contribution in [0.1, 0.15) is 6.92 Å². The van der Waals surface area contributed by atoms with Crippen molar-refractivity contribution in [3.05, 3.63) is 45.1 Å². The standard InChI is InChI=1S/C11H9Cl2N5O2/c1-6(19)16-17-10-14-5-18(11(20)15-10)7-2-3-8(12)9(13)4-7/h2-5H,1H3,(H,16,19)(H,15,17,20). The zero-order valence-corrected chi connectivity index (χ0v) is 11.7. The summed E-state index contributed by atoms with van der Waals surface area (Å²) in [4.78, 5) is 30.1. The summed E-state index contributed by atoms with van der Waals surface area (Å²) < 4.78 is 1.20. The van der Waals surface area contributed by atoms with Gasteiger partial charge in [-0.25, -0.2) is 9.78 Å². The fraction of sp³-hybridized carbons (Fsp3) is 0.0909. The minimum Gasteiger partial charge on any atom is -0.274 e. The number of nitrogens with one attached hydrogen (secondary N) is 2. The molecule has 0 aliphatic heterocycles. The van der Waals surface area contributed by atoms with Crippen LogP contribution in [0.4, 0.5) is 5.95 Å². The highest BCUT2D eigenvalue weighted by Gasteiger charge is 2.06. The predicted molar refractivity (Wildman–Crippen MR) is 75.1 cm³/mol. The number of carbonyl (C=O) groups is 1. The van der Waals surface area contributed by atoms with Crippen molar-refractivity contribution in [1.82, 2.24) is 20.0 Å². The number of hydrazine groups is 1. The molecule has 2 N–H and O–H groups in total. The topological polar surface area (TPSA) is 88.9 Å². The Balaban J connectivity index is 2.31. The molecule has 0 fully saturated rings. The van der Waals surface area contributed by atoms with Crippen molar-refractivity contribution in [3.8, 4) is 5.69 Å². The molecule has 1 amide bonds. The Kier molecular flexibility index (Phi) is 4.21. The molecular weight excluding hydrogens is 305 g/mol. The average Bonchev–Trinajstić information content (AvgIpc) is 2.40. The largest absolute Gasteiger partial charge is 0.356 e. The second-order valence-electron chi connectivity index (χ2n) is 3.74. The summed E-state index contributed by atoms with van der Waals surface area (Å²) in [7, 11) is 0. The first-order valence-electron chi connectivity index (χ1n) is 5.41. The van der Waals surface area contributed by atoms with Gasteiger partial charge in [0.2, 0.25) is 11.9 Å². The zero-order chi connectivity index (χ0) is 14.7. The predicted octanol–water partition coefficient (Wildman–Crippen LogP) is 1.40. The molecule has 0 aliphatic rings. The van der Waals surface area contributed by atoms with Gasteiger partial charge in [-0.15, -0.1) is 0 Å². The number of rotatable bonds is 3. The third-order valence-corrected chi connectivity index (χ3v) is 2.97. The van der Waals surface area contributed by atoms with E-state index in [-0.39, 0.29) is 11.9 Å². The van der Waals surface area contributed by atoms with Crippen LogP contribution in [0, 0.1) is 0 Å². The summed E-state index contributed by atoms with van der Waals surface area (Å²) in [5, 5.41) is 0.699. The normalized spacial score (nSPS) is 10.2. The van der Waals surface area contributed by atoms with Crippen LogP contribution in [0.2, 0.25) is 10.0 Å². The molecule has 0 spiro atoms. The first kappa shape index (κ1) is 14.3. The highest BCUT2D eigenvalue weighted by Crippen LogP contribution is 2.23. The van der Waals surface area contributed by atoms with Gasteiger partial charge < -0.3 is 0 Å². The van der Waals surface area contributed by atoms with Crippen LogP contribution in [-0.2, 0) is 4.79 Å². The van der Waals surface area contributed by atoms with Crippen molar-refractivity contribution in [2.45, 2.75) is 6.92 Å². The second kappa shape index (κ2) is 5.89. The first-order valence-corrected chi connectivity index (χ1v) is 6.16. The number of nitrogens with zero attached hydrogens (tertiary/aromatic N) is 3. The van der Waals surface area contributed by atoms with E-state index < -0.39 is 5.69 Å². The van der Waals surface area contributed by atoms with Crippen molar-refractivity contribution < 1.29 is 4.79 Å². The Hall–Kier alpha value is -2.12. The van der Waals surface area contributed by atoms with E-state index in [0.717, 1.165) is 0 Å². The Morgan fingerprint density at radius 1 is 1.30 bits per heavy atom. The van der Waals surface area contributed by atoms with Gasteiger partial charge in [-0.1, -0.05) is 23.2 Å². The van der Waals surface area contributed by atoms with Gasteiger partial charge in [-0.3, -0.25) is 20.2 Å². The lowest BCUT2D eigenvalue weighted by atomic mass is 10.3. The van der Waals surface area contributed by atoms with Crippen LogP contribution in [0.5, 0.6) is 0 Å². The second-order valence-corrected chi connectivity index (χ2v) is 4.55. The van der Waals surface area contributed by atoms with Crippen LogP contribution >= 0.6 is 23.2 Å². The van der Waals surface area contributed by atoms with Gasteiger partial charge in [-0.05, 0) is 18.2 Å². The molecule has 0 unspecified atom stereocenters. The lowest BCUT2D eigenvalue weighted by molar-refractivity contribution is -0.118. The molecule has 0 bridgehead atoms. The van der Waals surface area contributed by atoms with Crippen molar-refractivity contribution in [2.75, 3.05) is 5.43 Å². The zero-order valence-electron chi connectivity index (χ0n) is 10.2. The highest BCUT2D eigenvalue weighted by molar-refractivity contribution is 6.42. The highest BCUT2D eigenvalue weighted by atomic mass is 35.5. The first-order chi connectivity index (χ1) is 9.47. The van der Waals surface area contributed by atoms with Crippen LogP contribution in [-0.4, -0.2) is 20.4 Å². The molecule has 0 radical (unpaired) electrons. The minimum atomic E-state index is -0.578. The van der Waals surface area contributed by atoms with E-state index in [1.807, 2.05) is 0 Å². The van der Waals surface area contributed by atoms with Gasteiger partial charge in [0, 0.05) is 6.92 Å². The number of aromatic nitrogens is 3. The lowest BCUT2D eigenvalue weighted by Crippen LogP contribution is -2.31. The Morgan fingerprint density at radius 3 is 2.65 bits per heavy atom. The summed E-state index contributed by atoms with van der Waals surface area (Å²) in [6.07, 6.45) is 1.26. The Bertz CT molecular complexity index is 716. The molecule has 9 heteroatoms. The molecular formula is C11H9Cl2N5O2. The summed E-state index contributed by atoms with van der Waals surface area (Å²) in [5.74, 6) is -0.344. The molecule has 2 rings (SSSR count). The molecule has 0 aliphatic carbocycles. The third kappa shape index (κ3) is 3.25. The van der Waals surface area contributed by atoms with Gasteiger partial charge in [0.15, 0.2) is 0 Å². The minimum absolute atomic E-state index is 0.0125. The molecule has 0 saturated heterocycles. The lowest BCUT2D eigenvalue weighted by Gasteiger charge is -2.07. The van der Waals surface area contributed by atoms with E-state index in [4.69, 9.17) is 23.2 Å². The molecule has 7 nitrogen and oxygen atoms in total. The number of hydrogen-bond donors (Lipinski definition) is 2. The van der Waals surface area contributed by atoms with Crippen molar-refractivity contribution in [3.63, 3.8) is 0 Å². The smallest absolute Gasteiger partial charge is 0.274 e. The van der Waals surface area contributed by atoms with Crippen LogP contribution in [0.3, 0.4) is 0 Å². The number of halogens is 2. The molecule has 2 aromatic rings. The maximum absolute atomic E-state index is 11.9. The van der Waals surface area contributed by atoms with E-state index in [2.05, 4.69) is 20.8 Å². The van der Waals surface area contributed by atoms with Gasteiger partial charge in [0.25, 0.3) is 0 Å². The fourth-order valence-corrected chi connectivity index (χ4v) is 1.64. The summed E-state index contributed by atoms with van der Waals surface area (Å²) in [5.41, 5.74) is 4.57. The number of amides is 1. The number of hydrogen-bond acceptors (Lipinski definition) is 5. The van der Waals surface area contributed by atoms with Crippen molar-refractivity contribution in [2.24, 2.45) is 0 Å². The Labute approximate surface area is 123 Å².